The van der Waals surface area contributed by atoms with Gasteiger partial charge >= 0.3 is 12.2 Å². The number of amides is 4. The lowest BCUT2D eigenvalue weighted by Gasteiger charge is -2.35. The number of nitrogens with one attached hydrogen (secondary N) is 4. The van der Waals surface area contributed by atoms with E-state index >= 15 is 4.39 Å². The molecule has 2 aliphatic rings. The number of aromatic nitrogens is 4. The zero-order valence-electron chi connectivity index (χ0n) is 32.7. The van der Waals surface area contributed by atoms with Gasteiger partial charge in [-0.15, -0.1) is 0 Å². The first-order chi connectivity index (χ1) is 26.9. The van der Waals surface area contributed by atoms with Crippen molar-refractivity contribution >= 4 is 24.0 Å². The van der Waals surface area contributed by atoms with Crippen LogP contribution in [0, 0.1) is 17.7 Å². The fourth-order valence-corrected chi connectivity index (χ4v) is 7.78. The maximum atomic E-state index is 15.7. The van der Waals surface area contributed by atoms with Gasteiger partial charge in [-0.05, 0) is 62.6 Å². The highest BCUT2D eigenvalue weighted by molar-refractivity contribution is 5.86. The van der Waals surface area contributed by atoms with Gasteiger partial charge in [0.05, 0.1) is 44.0 Å². The van der Waals surface area contributed by atoms with Crippen molar-refractivity contribution < 1.29 is 33.0 Å². The van der Waals surface area contributed by atoms with E-state index in [-0.39, 0.29) is 35.7 Å². The average Bonchev–Trinajstić information content (AvgIpc) is 4.00. The van der Waals surface area contributed by atoms with Crippen LogP contribution in [0.15, 0.2) is 54.9 Å². The third-order valence-corrected chi connectivity index (χ3v) is 10.8. The molecular weight excluding hydrogens is 719 g/mol. The minimum atomic E-state index is -0.719. The van der Waals surface area contributed by atoms with Gasteiger partial charge in [-0.1, -0.05) is 63.1 Å². The van der Waals surface area contributed by atoms with Crippen molar-refractivity contribution in [3.63, 3.8) is 0 Å². The van der Waals surface area contributed by atoms with Crippen LogP contribution in [-0.2, 0) is 19.1 Å². The van der Waals surface area contributed by atoms with Crippen molar-refractivity contribution in [1.29, 1.82) is 0 Å². The van der Waals surface area contributed by atoms with Gasteiger partial charge < -0.3 is 29.7 Å². The smallest absolute Gasteiger partial charge is 0.425 e. The summed E-state index contributed by atoms with van der Waals surface area (Å²) in [6.45, 7) is 7.97. The molecular formula is C41H51FN8O6. The van der Waals surface area contributed by atoms with Crippen molar-refractivity contribution in [1.82, 2.24) is 40.6 Å². The first kappa shape index (κ1) is 39.9. The first-order valence-corrected chi connectivity index (χ1v) is 19.2. The van der Waals surface area contributed by atoms with E-state index in [0.717, 1.165) is 43.4 Å². The molecule has 1 saturated heterocycles. The Morgan fingerprint density at radius 3 is 2.11 bits per heavy atom. The van der Waals surface area contributed by atoms with E-state index < -0.39 is 30.0 Å². The maximum absolute atomic E-state index is 15.7. The van der Waals surface area contributed by atoms with Gasteiger partial charge in [-0.3, -0.25) is 9.59 Å². The number of hydrazine groups is 1. The van der Waals surface area contributed by atoms with Gasteiger partial charge in [0.25, 0.3) is 0 Å². The summed E-state index contributed by atoms with van der Waals surface area (Å²) in [4.78, 5) is 68.9. The summed E-state index contributed by atoms with van der Waals surface area (Å²) in [5.41, 5.74) is 6.58. The van der Waals surface area contributed by atoms with Gasteiger partial charge in [0.2, 0.25) is 11.8 Å². The Morgan fingerprint density at radius 1 is 0.821 bits per heavy atom. The van der Waals surface area contributed by atoms with Crippen molar-refractivity contribution in [3.05, 3.63) is 72.3 Å². The number of likely N-dealkylation sites (tertiary alicyclic amines) is 1. The summed E-state index contributed by atoms with van der Waals surface area (Å²) < 4.78 is 25.2. The molecule has 14 nitrogen and oxygen atoms in total. The molecule has 2 fully saturated rings. The second-order valence-corrected chi connectivity index (χ2v) is 15.1. The minimum Gasteiger partial charge on any atom is -0.453 e. The van der Waals surface area contributed by atoms with Gasteiger partial charge in [0.1, 0.15) is 23.5 Å². The number of methoxy groups -OCH3 is 2. The Hall–Kier alpha value is -5.73. The number of hydrogen-bond acceptors (Lipinski definition) is 8. The highest BCUT2D eigenvalue weighted by atomic mass is 19.1. The van der Waals surface area contributed by atoms with Gasteiger partial charge in [0.15, 0.2) is 0 Å². The van der Waals surface area contributed by atoms with E-state index in [1.54, 1.807) is 23.4 Å². The SMILES string of the molecule is COC(=O)NC(C(=O)N1CCC[C@H]1c1ncc(-c2ccc(-c3ccc(-c4cnc([C@H]5CCCC[C@@H]5C(=O)N(NC(=O)OC)C(C)C)[nH]4)cc3F)cc2)[nH]1)C(C)C. The third-order valence-electron chi connectivity index (χ3n) is 10.8. The number of ether oxygens (including phenoxy) is 2. The number of hydrogen-bond donors (Lipinski definition) is 4. The van der Waals surface area contributed by atoms with E-state index in [1.807, 2.05) is 58.0 Å². The molecule has 2 aromatic carbocycles. The molecule has 3 heterocycles. The predicted octanol–water partition coefficient (Wildman–Crippen LogP) is 7.10. The molecule has 4 atom stereocenters. The fraction of sp³-hybridized carbons (Fsp3) is 0.463. The van der Waals surface area contributed by atoms with Crippen molar-refractivity contribution in [2.24, 2.45) is 11.8 Å². The fourth-order valence-electron chi connectivity index (χ4n) is 7.78. The Kier molecular flexibility index (Phi) is 12.4. The molecule has 4 N–H and O–H groups in total. The van der Waals surface area contributed by atoms with Crippen LogP contribution in [0.25, 0.3) is 33.6 Å². The number of H-pyrrole nitrogens is 2. The molecule has 0 spiro atoms. The molecule has 1 aliphatic heterocycles. The highest BCUT2D eigenvalue weighted by Crippen LogP contribution is 2.39. The minimum absolute atomic E-state index is 0.132. The molecule has 1 saturated carbocycles. The number of benzene rings is 2. The lowest BCUT2D eigenvalue weighted by Crippen LogP contribution is -2.53. The second kappa shape index (κ2) is 17.4. The van der Waals surface area contributed by atoms with Crippen LogP contribution in [0.1, 0.15) is 89.8 Å². The van der Waals surface area contributed by atoms with Crippen LogP contribution in [-0.4, -0.2) is 86.7 Å². The summed E-state index contributed by atoms with van der Waals surface area (Å²) in [6, 6.07) is 11.3. The summed E-state index contributed by atoms with van der Waals surface area (Å²) >= 11 is 0. The molecule has 2 aromatic heterocycles. The standard InChI is InChI=1S/C41H51FN8O6/c1-23(2)35(47-40(53)55-5)39(52)49-19-9-12-34(49)37-44-21-32(46-37)26-15-13-25(14-16-26)28-18-17-27(20-31(28)42)33-22-43-36(45-33)29-10-7-8-11-30(29)38(51)50(24(3)4)48-41(54)56-6/h13-18,20-24,29-30,34-35H,7-12,19H2,1-6H3,(H,43,45)(H,44,46)(H,47,53)(H,48,54)/t29-,30-,34-,35?/m0/s1. The Bertz CT molecular complexity index is 2030. The zero-order chi connectivity index (χ0) is 40.1. The Morgan fingerprint density at radius 2 is 1.45 bits per heavy atom. The second-order valence-electron chi connectivity index (χ2n) is 15.1. The zero-order valence-corrected chi connectivity index (χ0v) is 32.7. The Balaban J connectivity index is 1.14. The van der Waals surface area contributed by atoms with Gasteiger partial charge in [-0.25, -0.2) is 34.4 Å². The van der Waals surface area contributed by atoms with Crippen LogP contribution in [0.2, 0.25) is 0 Å². The molecule has 56 heavy (non-hydrogen) atoms. The van der Waals surface area contributed by atoms with Crippen LogP contribution in [0.4, 0.5) is 14.0 Å². The van der Waals surface area contributed by atoms with E-state index in [2.05, 4.69) is 30.7 Å². The van der Waals surface area contributed by atoms with E-state index in [0.29, 0.717) is 47.0 Å². The van der Waals surface area contributed by atoms with E-state index in [1.165, 1.54) is 25.3 Å². The molecule has 15 heteroatoms. The number of rotatable bonds is 10. The van der Waals surface area contributed by atoms with Gasteiger partial charge in [0, 0.05) is 35.5 Å². The molecule has 0 bridgehead atoms. The monoisotopic (exact) mass is 770 g/mol. The summed E-state index contributed by atoms with van der Waals surface area (Å²) in [6.07, 6.45) is 6.85. The number of halogens is 1. The molecule has 4 aromatic rings. The van der Waals surface area contributed by atoms with Crippen LogP contribution >= 0.6 is 0 Å². The molecule has 4 amide bonds. The lowest BCUT2D eigenvalue weighted by atomic mass is 9.78. The number of carbonyl (C=O) groups excluding carboxylic acids is 4. The summed E-state index contributed by atoms with van der Waals surface area (Å²) in [5.74, 6) is -0.152. The van der Waals surface area contributed by atoms with Crippen LogP contribution < -0.4 is 10.7 Å². The lowest BCUT2D eigenvalue weighted by molar-refractivity contribution is -0.142. The quantitative estimate of drug-likeness (QED) is 0.124. The Labute approximate surface area is 325 Å². The number of imidazole rings is 2. The molecule has 1 unspecified atom stereocenters. The van der Waals surface area contributed by atoms with E-state index in [9.17, 15) is 19.2 Å². The highest BCUT2D eigenvalue weighted by Gasteiger charge is 2.39. The topological polar surface area (TPSA) is 175 Å². The largest absolute Gasteiger partial charge is 0.453 e. The normalized spacial score (nSPS) is 18.8. The van der Waals surface area contributed by atoms with E-state index in [4.69, 9.17) is 9.47 Å². The van der Waals surface area contributed by atoms with Crippen molar-refractivity contribution in [2.75, 3.05) is 20.8 Å². The van der Waals surface area contributed by atoms with Gasteiger partial charge in [-0.2, -0.15) is 0 Å². The third kappa shape index (κ3) is 8.56. The van der Waals surface area contributed by atoms with Crippen LogP contribution in [0.5, 0.6) is 0 Å². The average molecular weight is 771 g/mol. The first-order valence-electron chi connectivity index (χ1n) is 19.2. The molecule has 1 aliphatic carbocycles. The molecule has 0 radical (unpaired) electrons. The summed E-state index contributed by atoms with van der Waals surface area (Å²) in [7, 11) is 2.53. The van der Waals surface area contributed by atoms with Crippen molar-refractivity contribution in [2.45, 2.75) is 90.3 Å². The van der Waals surface area contributed by atoms with Crippen molar-refractivity contribution in [3.8, 4) is 33.6 Å². The van der Waals surface area contributed by atoms with Crippen LogP contribution in [0.3, 0.4) is 0 Å². The summed E-state index contributed by atoms with van der Waals surface area (Å²) in [5, 5.41) is 4.00. The number of alkyl carbamates (subject to hydrolysis) is 1. The number of nitrogens with zero attached hydrogens (tertiary/aromatic N) is 4. The molecule has 298 valence electrons. The predicted molar refractivity (Wildman–Crippen MR) is 207 cm³/mol. The number of aromatic amines is 2. The maximum Gasteiger partial charge on any atom is 0.425 e. The molecule has 6 rings (SSSR count). The number of carbonyl (C=O) groups is 4.